The molecule has 1 aromatic heterocycles. The van der Waals surface area contributed by atoms with Crippen molar-refractivity contribution in [2.24, 2.45) is 28.9 Å². The molecule has 1 amide bonds. The molecule has 25 heavy (non-hydrogen) atoms. The van der Waals surface area contributed by atoms with Gasteiger partial charge in [0.1, 0.15) is 0 Å². The maximum Gasteiger partial charge on any atom is 0.348 e. The number of aromatic nitrogens is 2. The van der Waals surface area contributed by atoms with Crippen LogP contribution in [0.4, 0.5) is 0 Å². The summed E-state index contributed by atoms with van der Waals surface area (Å²) in [6.07, 6.45) is 8.94. The summed E-state index contributed by atoms with van der Waals surface area (Å²) in [5.74, 6) is 2.05. The molecule has 1 heterocycles. The second-order valence-electron chi connectivity index (χ2n) is 8.84. The van der Waals surface area contributed by atoms with Gasteiger partial charge in [0, 0.05) is 16.7 Å². The van der Waals surface area contributed by atoms with E-state index in [1.165, 1.54) is 19.3 Å². The van der Waals surface area contributed by atoms with Gasteiger partial charge in [-0.2, -0.15) is 4.98 Å². The standard InChI is InChI=1S/C19H25N3O3/c20-16(23)15(19-7-10-4-11(8-19)6-12(5-10)9-19)25-17-13-2-1-3-14(13)21-18(24)22-17/h10-12,15H,1-9H2,(H2,20,23)(H,21,22,24). The van der Waals surface area contributed by atoms with Gasteiger partial charge in [-0.3, -0.25) is 4.79 Å². The van der Waals surface area contributed by atoms with E-state index in [0.29, 0.717) is 23.6 Å². The van der Waals surface area contributed by atoms with Crippen molar-refractivity contribution in [1.82, 2.24) is 9.97 Å². The zero-order chi connectivity index (χ0) is 17.2. The Bertz CT molecular complexity index is 749. The Hall–Kier alpha value is -1.85. The minimum absolute atomic E-state index is 0.156. The van der Waals surface area contributed by atoms with Gasteiger partial charge in [-0.25, -0.2) is 4.79 Å². The van der Waals surface area contributed by atoms with Crippen LogP contribution in [0.15, 0.2) is 4.79 Å². The third-order valence-corrected chi connectivity index (χ3v) is 7.07. The summed E-state index contributed by atoms with van der Waals surface area (Å²) in [6.45, 7) is 0. The number of primary amides is 1. The molecular formula is C19H25N3O3. The van der Waals surface area contributed by atoms with Crippen LogP contribution in [-0.2, 0) is 17.6 Å². The minimum Gasteiger partial charge on any atom is -0.463 e. The molecule has 1 aromatic rings. The van der Waals surface area contributed by atoms with E-state index in [4.69, 9.17) is 10.5 Å². The Labute approximate surface area is 146 Å². The van der Waals surface area contributed by atoms with Gasteiger partial charge in [0.15, 0.2) is 6.10 Å². The number of rotatable bonds is 4. The van der Waals surface area contributed by atoms with Crippen molar-refractivity contribution in [3.63, 3.8) is 0 Å². The molecule has 3 N–H and O–H groups in total. The van der Waals surface area contributed by atoms with Crippen molar-refractivity contribution in [3.05, 3.63) is 21.7 Å². The number of ether oxygens (including phenoxy) is 1. The lowest BCUT2D eigenvalue weighted by molar-refractivity contribution is -0.148. The third-order valence-electron chi connectivity index (χ3n) is 7.07. The number of aromatic amines is 1. The highest BCUT2D eigenvalue weighted by Crippen LogP contribution is 2.61. The van der Waals surface area contributed by atoms with Gasteiger partial charge in [-0.05, 0) is 75.5 Å². The molecule has 6 nitrogen and oxygen atoms in total. The Balaban J connectivity index is 1.51. The molecule has 5 aliphatic carbocycles. The highest BCUT2D eigenvalue weighted by molar-refractivity contribution is 5.80. The van der Waals surface area contributed by atoms with E-state index in [1.807, 2.05) is 0 Å². The van der Waals surface area contributed by atoms with Gasteiger partial charge in [0.25, 0.3) is 5.91 Å². The zero-order valence-corrected chi connectivity index (χ0v) is 14.4. The molecule has 0 aromatic carbocycles. The molecule has 1 atom stereocenters. The third kappa shape index (κ3) is 2.41. The van der Waals surface area contributed by atoms with E-state index >= 15 is 0 Å². The number of fused-ring (bicyclic) bond motifs is 1. The normalized spacial score (nSPS) is 36.2. The van der Waals surface area contributed by atoms with Crippen molar-refractivity contribution < 1.29 is 9.53 Å². The summed E-state index contributed by atoms with van der Waals surface area (Å²) in [5, 5.41) is 0. The fourth-order valence-corrected chi connectivity index (χ4v) is 6.63. The molecular weight excluding hydrogens is 318 g/mol. The van der Waals surface area contributed by atoms with Crippen molar-refractivity contribution in [2.75, 3.05) is 0 Å². The molecule has 6 heteroatoms. The van der Waals surface area contributed by atoms with Crippen LogP contribution >= 0.6 is 0 Å². The van der Waals surface area contributed by atoms with Crippen molar-refractivity contribution in [2.45, 2.75) is 63.9 Å². The fourth-order valence-electron chi connectivity index (χ4n) is 6.63. The van der Waals surface area contributed by atoms with Crippen LogP contribution in [-0.4, -0.2) is 22.0 Å². The van der Waals surface area contributed by atoms with Crippen molar-refractivity contribution in [1.29, 1.82) is 0 Å². The van der Waals surface area contributed by atoms with E-state index in [1.54, 1.807) is 0 Å². The van der Waals surface area contributed by atoms with Crippen molar-refractivity contribution >= 4 is 5.91 Å². The maximum absolute atomic E-state index is 12.4. The number of H-pyrrole nitrogens is 1. The summed E-state index contributed by atoms with van der Waals surface area (Å²) in [5.41, 5.74) is 7.12. The molecule has 0 saturated heterocycles. The second kappa shape index (κ2) is 5.32. The monoisotopic (exact) mass is 343 g/mol. The topological polar surface area (TPSA) is 98.1 Å². The van der Waals surface area contributed by atoms with E-state index < -0.39 is 17.7 Å². The van der Waals surface area contributed by atoms with Crippen LogP contribution in [0.2, 0.25) is 0 Å². The first kappa shape index (κ1) is 15.4. The number of hydrogen-bond donors (Lipinski definition) is 2. The molecule has 6 rings (SSSR count). The van der Waals surface area contributed by atoms with Crippen molar-refractivity contribution in [3.8, 4) is 5.88 Å². The number of amides is 1. The van der Waals surface area contributed by atoms with Crippen LogP contribution in [0, 0.1) is 23.2 Å². The van der Waals surface area contributed by atoms with Crippen LogP contribution in [0.5, 0.6) is 5.88 Å². The van der Waals surface area contributed by atoms with Gasteiger partial charge < -0.3 is 15.5 Å². The summed E-state index contributed by atoms with van der Waals surface area (Å²) in [7, 11) is 0. The molecule has 4 bridgehead atoms. The molecule has 0 aliphatic heterocycles. The molecule has 5 aliphatic rings. The minimum atomic E-state index is -0.667. The maximum atomic E-state index is 12.4. The summed E-state index contributed by atoms with van der Waals surface area (Å²) in [6, 6.07) is 0. The number of nitrogens with one attached hydrogen (secondary N) is 1. The molecule has 4 saturated carbocycles. The van der Waals surface area contributed by atoms with E-state index in [9.17, 15) is 9.59 Å². The number of nitrogens with two attached hydrogens (primary N) is 1. The highest BCUT2D eigenvalue weighted by Gasteiger charge is 2.57. The number of hydrogen-bond acceptors (Lipinski definition) is 4. The number of aryl methyl sites for hydroxylation is 1. The van der Waals surface area contributed by atoms with E-state index in [0.717, 1.165) is 49.8 Å². The Morgan fingerprint density at radius 1 is 1.16 bits per heavy atom. The van der Waals surface area contributed by atoms with Crippen LogP contribution in [0.3, 0.4) is 0 Å². The van der Waals surface area contributed by atoms with E-state index in [2.05, 4.69) is 9.97 Å². The van der Waals surface area contributed by atoms with Gasteiger partial charge in [0.05, 0.1) is 0 Å². The van der Waals surface area contributed by atoms with Gasteiger partial charge in [-0.15, -0.1) is 0 Å². The molecule has 134 valence electrons. The smallest absolute Gasteiger partial charge is 0.348 e. The number of carbonyl (C=O) groups excluding carboxylic acids is 1. The number of nitrogens with zero attached hydrogens (tertiary/aromatic N) is 1. The van der Waals surface area contributed by atoms with Crippen LogP contribution in [0.1, 0.15) is 56.2 Å². The lowest BCUT2D eigenvalue weighted by Gasteiger charge is -2.58. The van der Waals surface area contributed by atoms with Crippen LogP contribution < -0.4 is 16.2 Å². The highest BCUT2D eigenvalue weighted by atomic mass is 16.5. The summed E-state index contributed by atoms with van der Waals surface area (Å²) in [4.78, 5) is 31.1. The largest absolute Gasteiger partial charge is 0.463 e. The molecule has 0 spiro atoms. The Morgan fingerprint density at radius 2 is 1.80 bits per heavy atom. The van der Waals surface area contributed by atoms with Gasteiger partial charge in [0.2, 0.25) is 5.88 Å². The second-order valence-corrected chi connectivity index (χ2v) is 8.84. The first-order valence-electron chi connectivity index (χ1n) is 9.60. The predicted octanol–water partition coefficient (Wildman–Crippen LogP) is 1.71. The number of carbonyl (C=O) groups is 1. The average molecular weight is 343 g/mol. The van der Waals surface area contributed by atoms with Gasteiger partial charge in [-0.1, -0.05) is 0 Å². The van der Waals surface area contributed by atoms with Gasteiger partial charge >= 0.3 is 5.69 Å². The average Bonchev–Trinajstić information content (AvgIpc) is 2.98. The lowest BCUT2D eigenvalue weighted by Crippen LogP contribution is -2.57. The summed E-state index contributed by atoms with van der Waals surface area (Å²) >= 11 is 0. The zero-order valence-electron chi connectivity index (χ0n) is 14.4. The Morgan fingerprint density at radius 3 is 2.40 bits per heavy atom. The molecule has 4 fully saturated rings. The Kier molecular flexibility index (Phi) is 3.28. The fraction of sp³-hybridized carbons (Fsp3) is 0.737. The van der Waals surface area contributed by atoms with E-state index in [-0.39, 0.29) is 5.41 Å². The quantitative estimate of drug-likeness (QED) is 0.869. The molecule has 0 radical (unpaired) electrons. The predicted molar refractivity (Wildman–Crippen MR) is 91.1 cm³/mol. The van der Waals surface area contributed by atoms with Crippen LogP contribution in [0.25, 0.3) is 0 Å². The summed E-state index contributed by atoms with van der Waals surface area (Å²) < 4.78 is 6.18. The lowest BCUT2D eigenvalue weighted by atomic mass is 9.48. The molecule has 1 unspecified atom stereocenters. The SMILES string of the molecule is NC(=O)C(Oc1nc(=O)[nH]c2c1CCC2)C12CC3CC(CC(C3)C1)C2. The first-order chi connectivity index (χ1) is 12.0. The first-order valence-corrected chi connectivity index (χ1v) is 9.60.